The Bertz CT molecular complexity index is 887. The number of methoxy groups -OCH3 is 2. The van der Waals surface area contributed by atoms with Crippen molar-refractivity contribution in [2.24, 2.45) is 0 Å². The van der Waals surface area contributed by atoms with Crippen LogP contribution in [0.5, 0.6) is 11.5 Å². The van der Waals surface area contributed by atoms with E-state index in [9.17, 15) is 4.79 Å². The van der Waals surface area contributed by atoms with Crippen molar-refractivity contribution >= 4 is 16.9 Å². The van der Waals surface area contributed by atoms with Gasteiger partial charge in [-0.15, -0.1) is 0 Å². The summed E-state index contributed by atoms with van der Waals surface area (Å²) in [5, 5.41) is 0. The van der Waals surface area contributed by atoms with Gasteiger partial charge in [-0.1, -0.05) is 18.2 Å². The van der Waals surface area contributed by atoms with Crippen molar-refractivity contribution in [3.63, 3.8) is 0 Å². The van der Waals surface area contributed by atoms with Crippen LogP contribution in [0.3, 0.4) is 0 Å². The lowest BCUT2D eigenvalue weighted by Crippen LogP contribution is -2.26. The summed E-state index contributed by atoms with van der Waals surface area (Å²) in [5.41, 5.74) is 2.99. The normalized spacial score (nSPS) is 10.8. The van der Waals surface area contributed by atoms with Crippen LogP contribution in [-0.2, 0) is 17.8 Å². The van der Waals surface area contributed by atoms with E-state index in [0.717, 1.165) is 35.3 Å². The molecule has 1 aromatic heterocycles. The standard InChI is InChI=1S/C21H25N3O3/c1-24(14-15-11-12-18(26-2)19(13-15)27-3)21(25)10-6-9-20-22-16-7-4-5-8-17(16)23-20/h4-5,7-8,11-13H,6,9-10,14H2,1-3H3,(H,22,23). The molecule has 1 N–H and O–H groups in total. The van der Waals surface area contributed by atoms with Gasteiger partial charge >= 0.3 is 0 Å². The van der Waals surface area contributed by atoms with Crippen LogP contribution in [0.25, 0.3) is 11.0 Å². The van der Waals surface area contributed by atoms with Gasteiger partial charge in [-0.2, -0.15) is 0 Å². The Morgan fingerprint density at radius 1 is 1.11 bits per heavy atom. The third kappa shape index (κ3) is 4.58. The van der Waals surface area contributed by atoms with Crippen molar-refractivity contribution in [2.45, 2.75) is 25.8 Å². The number of aryl methyl sites for hydroxylation is 1. The molecule has 2 aromatic carbocycles. The molecule has 1 heterocycles. The van der Waals surface area contributed by atoms with E-state index in [-0.39, 0.29) is 5.91 Å². The predicted octanol–water partition coefficient (Wildman–Crippen LogP) is 3.56. The molecule has 3 rings (SSSR count). The summed E-state index contributed by atoms with van der Waals surface area (Å²) in [5.74, 6) is 2.38. The van der Waals surface area contributed by atoms with Gasteiger partial charge in [0.2, 0.25) is 5.91 Å². The van der Waals surface area contributed by atoms with Crippen molar-refractivity contribution in [1.29, 1.82) is 0 Å². The number of carbonyl (C=O) groups excluding carboxylic acids is 1. The third-order valence-electron chi connectivity index (χ3n) is 4.54. The highest BCUT2D eigenvalue weighted by molar-refractivity contribution is 5.76. The van der Waals surface area contributed by atoms with Gasteiger partial charge in [0, 0.05) is 26.4 Å². The molecule has 0 saturated heterocycles. The van der Waals surface area contributed by atoms with E-state index in [2.05, 4.69) is 9.97 Å². The summed E-state index contributed by atoms with van der Waals surface area (Å²) in [4.78, 5) is 22.0. The minimum Gasteiger partial charge on any atom is -0.493 e. The van der Waals surface area contributed by atoms with E-state index in [1.165, 1.54) is 0 Å². The summed E-state index contributed by atoms with van der Waals surface area (Å²) < 4.78 is 10.6. The number of rotatable bonds is 8. The number of fused-ring (bicyclic) bond motifs is 1. The first-order valence-electron chi connectivity index (χ1n) is 8.99. The highest BCUT2D eigenvalue weighted by Gasteiger charge is 2.12. The Morgan fingerprint density at radius 3 is 2.63 bits per heavy atom. The number of aromatic amines is 1. The van der Waals surface area contributed by atoms with Crippen LogP contribution in [0.1, 0.15) is 24.2 Å². The number of benzene rings is 2. The molecule has 0 aliphatic heterocycles. The van der Waals surface area contributed by atoms with E-state index >= 15 is 0 Å². The molecule has 0 atom stereocenters. The highest BCUT2D eigenvalue weighted by Crippen LogP contribution is 2.28. The van der Waals surface area contributed by atoms with Gasteiger partial charge in [-0.3, -0.25) is 4.79 Å². The Labute approximate surface area is 159 Å². The van der Waals surface area contributed by atoms with Crippen LogP contribution in [0, 0.1) is 0 Å². The molecule has 3 aromatic rings. The van der Waals surface area contributed by atoms with E-state index in [0.29, 0.717) is 24.5 Å². The molecule has 27 heavy (non-hydrogen) atoms. The summed E-state index contributed by atoms with van der Waals surface area (Å²) in [6.45, 7) is 0.532. The number of aromatic nitrogens is 2. The van der Waals surface area contributed by atoms with Gasteiger partial charge in [0.05, 0.1) is 25.3 Å². The first kappa shape index (κ1) is 18.8. The minimum absolute atomic E-state index is 0.112. The smallest absolute Gasteiger partial charge is 0.222 e. The average Bonchev–Trinajstić information content (AvgIpc) is 3.10. The fraction of sp³-hybridized carbons (Fsp3) is 0.333. The van der Waals surface area contributed by atoms with Crippen LogP contribution in [0.15, 0.2) is 42.5 Å². The largest absolute Gasteiger partial charge is 0.493 e. The van der Waals surface area contributed by atoms with E-state index < -0.39 is 0 Å². The maximum Gasteiger partial charge on any atom is 0.222 e. The molecular formula is C21H25N3O3. The second-order valence-electron chi connectivity index (χ2n) is 6.49. The van der Waals surface area contributed by atoms with E-state index in [4.69, 9.17) is 9.47 Å². The minimum atomic E-state index is 0.112. The molecule has 0 unspecified atom stereocenters. The molecule has 6 heteroatoms. The quantitative estimate of drug-likeness (QED) is 0.661. The van der Waals surface area contributed by atoms with Crippen molar-refractivity contribution in [3.8, 4) is 11.5 Å². The zero-order chi connectivity index (χ0) is 19.2. The molecule has 0 saturated carbocycles. The maximum absolute atomic E-state index is 12.4. The number of para-hydroxylation sites is 2. The van der Waals surface area contributed by atoms with Crippen LogP contribution < -0.4 is 9.47 Å². The van der Waals surface area contributed by atoms with Crippen molar-refractivity contribution < 1.29 is 14.3 Å². The summed E-state index contributed by atoms with van der Waals surface area (Å²) in [6.07, 6.45) is 2.00. The summed E-state index contributed by atoms with van der Waals surface area (Å²) in [6, 6.07) is 13.6. The van der Waals surface area contributed by atoms with E-state index in [1.807, 2.05) is 49.5 Å². The molecule has 1 amide bonds. The highest BCUT2D eigenvalue weighted by atomic mass is 16.5. The first-order chi connectivity index (χ1) is 13.1. The molecule has 142 valence electrons. The number of nitrogens with one attached hydrogen (secondary N) is 1. The average molecular weight is 367 g/mol. The molecular weight excluding hydrogens is 342 g/mol. The maximum atomic E-state index is 12.4. The number of nitrogens with zero attached hydrogens (tertiary/aromatic N) is 2. The lowest BCUT2D eigenvalue weighted by molar-refractivity contribution is -0.130. The van der Waals surface area contributed by atoms with Gasteiger partial charge in [0.15, 0.2) is 11.5 Å². The number of hydrogen-bond donors (Lipinski definition) is 1. The zero-order valence-corrected chi connectivity index (χ0v) is 16.0. The Hall–Kier alpha value is -3.02. The number of amides is 1. The number of H-pyrrole nitrogens is 1. The fourth-order valence-electron chi connectivity index (χ4n) is 3.06. The lowest BCUT2D eigenvalue weighted by atomic mass is 10.1. The summed E-state index contributed by atoms with van der Waals surface area (Å²) >= 11 is 0. The van der Waals surface area contributed by atoms with Crippen LogP contribution in [0.4, 0.5) is 0 Å². The fourth-order valence-corrected chi connectivity index (χ4v) is 3.06. The third-order valence-corrected chi connectivity index (χ3v) is 4.54. The van der Waals surface area contributed by atoms with Crippen LogP contribution in [-0.4, -0.2) is 42.0 Å². The molecule has 0 fully saturated rings. The molecule has 0 aliphatic rings. The van der Waals surface area contributed by atoms with Gasteiger partial charge in [-0.05, 0) is 36.2 Å². The van der Waals surface area contributed by atoms with Gasteiger partial charge in [-0.25, -0.2) is 4.98 Å². The van der Waals surface area contributed by atoms with Crippen molar-refractivity contribution in [2.75, 3.05) is 21.3 Å². The second-order valence-corrected chi connectivity index (χ2v) is 6.49. The monoisotopic (exact) mass is 367 g/mol. The Balaban J connectivity index is 1.51. The Kier molecular flexibility index (Phi) is 5.96. The van der Waals surface area contributed by atoms with Crippen molar-refractivity contribution in [3.05, 3.63) is 53.9 Å². The number of imidazole rings is 1. The second kappa shape index (κ2) is 8.58. The summed E-state index contributed by atoms with van der Waals surface area (Å²) in [7, 11) is 5.03. The van der Waals surface area contributed by atoms with Crippen LogP contribution >= 0.6 is 0 Å². The van der Waals surface area contributed by atoms with Gasteiger partial charge < -0.3 is 19.4 Å². The zero-order valence-electron chi connectivity index (χ0n) is 16.0. The predicted molar refractivity (Wildman–Crippen MR) is 105 cm³/mol. The number of hydrogen-bond acceptors (Lipinski definition) is 4. The molecule has 6 nitrogen and oxygen atoms in total. The molecule has 0 aliphatic carbocycles. The molecule has 0 radical (unpaired) electrons. The molecule has 0 spiro atoms. The number of carbonyl (C=O) groups is 1. The van der Waals surface area contributed by atoms with Crippen LogP contribution in [0.2, 0.25) is 0 Å². The molecule has 0 bridgehead atoms. The SMILES string of the molecule is COc1ccc(CN(C)C(=O)CCCc2nc3ccccc3[nH]2)cc1OC. The van der Waals surface area contributed by atoms with E-state index in [1.54, 1.807) is 19.1 Å². The van der Waals surface area contributed by atoms with Gasteiger partial charge in [0.1, 0.15) is 5.82 Å². The van der Waals surface area contributed by atoms with Crippen molar-refractivity contribution in [1.82, 2.24) is 14.9 Å². The topological polar surface area (TPSA) is 67.5 Å². The number of ether oxygens (including phenoxy) is 2. The lowest BCUT2D eigenvalue weighted by Gasteiger charge is -2.18. The first-order valence-corrected chi connectivity index (χ1v) is 8.99. The van der Waals surface area contributed by atoms with Gasteiger partial charge in [0.25, 0.3) is 0 Å². The Morgan fingerprint density at radius 2 is 1.89 bits per heavy atom.